The third-order valence-corrected chi connectivity index (χ3v) is 12.0. The minimum absolute atomic E-state index is 0.146. The Kier molecular flexibility index (Phi) is 4.99. The normalized spacial score (nSPS) is 64.0. The molecule has 6 rings (SSSR count). The molecule has 5 nitrogen and oxygen atoms in total. The summed E-state index contributed by atoms with van der Waals surface area (Å²) in [6.45, 7) is 10.0. The number of ether oxygens (including phenoxy) is 2. The molecule has 0 aromatic heterocycles. The van der Waals surface area contributed by atoms with Crippen LogP contribution in [0, 0.1) is 52.3 Å². The van der Waals surface area contributed by atoms with Crippen LogP contribution in [0.15, 0.2) is 0 Å². The van der Waals surface area contributed by atoms with Gasteiger partial charge in [-0.05, 0) is 97.7 Å². The average molecular weight is 449 g/mol. The summed E-state index contributed by atoms with van der Waals surface area (Å²) in [5, 5.41) is 31.9. The fourth-order valence-corrected chi connectivity index (χ4v) is 10.4. The van der Waals surface area contributed by atoms with Crippen molar-refractivity contribution in [3.8, 4) is 0 Å². The molecule has 2 saturated heterocycles. The number of aliphatic hydroxyl groups is 3. The number of aliphatic hydroxyl groups excluding tert-OH is 3. The van der Waals surface area contributed by atoms with Crippen molar-refractivity contribution in [2.75, 3.05) is 6.61 Å². The number of hydrogen-bond donors (Lipinski definition) is 3. The number of hydrogen-bond acceptors (Lipinski definition) is 5. The van der Waals surface area contributed by atoms with Gasteiger partial charge in [-0.15, -0.1) is 0 Å². The van der Waals surface area contributed by atoms with Crippen LogP contribution in [0.5, 0.6) is 0 Å². The Hall–Kier alpha value is -0.200. The molecule has 0 aromatic rings. The zero-order valence-corrected chi connectivity index (χ0v) is 20.4. The third-order valence-electron chi connectivity index (χ3n) is 12.0. The van der Waals surface area contributed by atoms with Crippen molar-refractivity contribution >= 4 is 0 Å². The standard InChI is InChI=1S/C27H44O5/c1-14-9-23(30)27(31-13-14)15(2)24-22(32-27)11-19-17-6-5-16-10-20(28)21(29)12-26(16,4)18(17)7-8-25(19,24)3/h14-24,28-30H,5-13H2,1-4H3/t14-,15+,16+,17-,18-,19-,20-,21-,22+,23-,24+,25+,26+,27+/m1/s1. The summed E-state index contributed by atoms with van der Waals surface area (Å²) < 4.78 is 13.1. The maximum absolute atomic E-state index is 11.0. The lowest BCUT2D eigenvalue weighted by Gasteiger charge is -2.61. The van der Waals surface area contributed by atoms with Crippen molar-refractivity contribution < 1.29 is 24.8 Å². The van der Waals surface area contributed by atoms with Gasteiger partial charge in [-0.2, -0.15) is 0 Å². The van der Waals surface area contributed by atoms with Gasteiger partial charge < -0.3 is 24.8 Å². The Labute approximate surface area is 193 Å². The molecule has 6 fully saturated rings. The molecule has 0 aromatic carbocycles. The maximum atomic E-state index is 11.0. The van der Waals surface area contributed by atoms with Crippen LogP contribution < -0.4 is 0 Å². The maximum Gasteiger partial charge on any atom is 0.197 e. The van der Waals surface area contributed by atoms with Gasteiger partial charge in [0.2, 0.25) is 0 Å². The second kappa shape index (κ2) is 7.16. The molecule has 14 atom stereocenters. The topological polar surface area (TPSA) is 79.2 Å². The molecule has 6 aliphatic rings. The zero-order chi connectivity index (χ0) is 22.6. The van der Waals surface area contributed by atoms with E-state index in [2.05, 4.69) is 27.7 Å². The van der Waals surface area contributed by atoms with E-state index in [1.54, 1.807) is 0 Å². The predicted octanol–water partition coefficient (Wildman–Crippen LogP) is 3.74. The van der Waals surface area contributed by atoms with E-state index < -0.39 is 24.1 Å². The largest absolute Gasteiger partial charge is 0.390 e. The molecular weight excluding hydrogens is 404 g/mol. The highest BCUT2D eigenvalue weighted by Crippen LogP contribution is 2.71. The monoisotopic (exact) mass is 448 g/mol. The van der Waals surface area contributed by atoms with Gasteiger partial charge in [-0.1, -0.05) is 27.7 Å². The number of rotatable bonds is 0. The lowest BCUT2D eigenvalue weighted by molar-refractivity contribution is -0.316. The summed E-state index contributed by atoms with van der Waals surface area (Å²) >= 11 is 0. The van der Waals surface area contributed by atoms with Crippen LogP contribution in [0.3, 0.4) is 0 Å². The molecule has 2 aliphatic heterocycles. The molecule has 4 saturated carbocycles. The van der Waals surface area contributed by atoms with E-state index in [1.165, 1.54) is 25.7 Å². The van der Waals surface area contributed by atoms with Crippen molar-refractivity contribution in [1.29, 1.82) is 0 Å². The second-order valence-electron chi connectivity index (χ2n) is 13.4. The van der Waals surface area contributed by atoms with Crippen molar-refractivity contribution in [1.82, 2.24) is 0 Å². The van der Waals surface area contributed by atoms with Crippen molar-refractivity contribution in [2.45, 2.75) is 109 Å². The summed E-state index contributed by atoms with van der Waals surface area (Å²) in [6.07, 6.45) is 6.78. The van der Waals surface area contributed by atoms with E-state index in [-0.39, 0.29) is 22.9 Å². The first kappa shape index (κ1) is 22.3. The fourth-order valence-electron chi connectivity index (χ4n) is 10.4. The van der Waals surface area contributed by atoms with Crippen LogP contribution in [0.2, 0.25) is 0 Å². The summed E-state index contributed by atoms with van der Waals surface area (Å²) in [5.41, 5.74) is 0.379. The Morgan fingerprint density at radius 2 is 1.62 bits per heavy atom. The second-order valence-corrected chi connectivity index (χ2v) is 13.4. The summed E-state index contributed by atoms with van der Waals surface area (Å²) in [4.78, 5) is 0. The SMILES string of the molecule is C[C@H]1CO[C@@]2(O[C@H]3C[C@@H]4[C@@H]5CC[C@H]6C[C@@H](O)[C@H](O)C[C@]6(C)[C@@H]5CC[C@]4(C)[C@H]3[C@@H]2C)[C@H](O)C1. The molecule has 182 valence electrons. The molecule has 2 heterocycles. The highest BCUT2D eigenvalue weighted by Gasteiger charge is 2.70. The van der Waals surface area contributed by atoms with E-state index in [4.69, 9.17) is 9.47 Å². The van der Waals surface area contributed by atoms with Crippen LogP contribution in [0.25, 0.3) is 0 Å². The molecule has 3 N–H and O–H groups in total. The molecule has 5 heteroatoms. The van der Waals surface area contributed by atoms with Gasteiger partial charge in [0.25, 0.3) is 0 Å². The summed E-state index contributed by atoms with van der Waals surface area (Å²) in [5.74, 6) is 2.75. The van der Waals surface area contributed by atoms with Gasteiger partial charge in [-0.25, -0.2) is 0 Å². The minimum atomic E-state index is -0.806. The van der Waals surface area contributed by atoms with E-state index in [0.29, 0.717) is 42.1 Å². The first-order valence-electron chi connectivity index (χ1n) is 13.5. The first-order valence-corrected chi connectivity index (χ1v) is 13.5. The fraction of sp³-hybridized carbons (Fsp3) is 1.00. The van der Waals surface area contributed by atoms with Crippen LogP contribution in [0.1, 0.15) is 79.1 Å². The predicted molar refractivity (Wildman–Crippen MR) is 121 cm³/mol. The van der Waals surface area contributed by atoms with Crippen molar-refractivity contribution in [3.05, 3.63) is 0 Å². The quantitative estimate of drug-likeness (QED) is 0.526. The van der Waals surface area contributed by atoms with Crippen LogP contribution in [0.4, 0.5) is 0 Å². The molecule has 4 aliphatic carbocycles. The van der Waals surface area contributed by atoms with Gasteiger partial charge in [0, 0.05) is 5.92 Å². The molecular formula is C27H44O5. The molecule has 0 unspecified atom stereocenters. The van der Waals surface area contributed by atoms with Crippen LogP contribution in [-0.4, -0.2) is 52.1 Å². The van der Waals surface area contributed by atoms with E-state index in [0.717, 1.165) is 25.7 Å². The van der Waals surface area contributed by atoms with Gasteiger partial charge in [0.1, 0.15) is 6.10 Å². The molecule has 32 heavy (non-hydrogen) atoms. The van der Waals surface area contributed by atoms with E-state index >= 15 is 0 Å². The van der Waals surface area contributed by atoms with Gasteiger partial charge in [0.15, 0.2) is 5.79 Å². The minimum Gasteiger partial charge on any atom is -0.390 e. The lowest BCUT2D eigenvalue weighted by Crippen LogP contribution is -2.58. The van der Waals surface area contributed by atoms with Crippen LogP contribution >= 0.6 is 0 Å². The highest BCUT2D eigenvalue weighted by molar-refractivity contribution is 5.16. The van der Waals surface area contributed by atoms with Crippen LogP contribution in [-0.2, 0) is 9.47 Å². The summed E-state index contributed by atoms with van der Waals surface area (Å²) in [6, 6.07) is 0. The van der Waals surface area contributed by atoms with Gasteiger partial charge >= 0.3 is 0 Å². The smallest absolute Gasteiger partial charge is 0.197 e. The Morgan fingerprint density at radius 3 is 2.38 bits per heavy atom. The Morgan fingerprint density at radius 1 is 0.844 bits per heavy atom. The van der Waals surface area contributed by atoms with Gasteiger partial charge in [-0.3, -0.25) is 0 Å². The highest BCUT2D eigenvalue weighted by atomic mass is 16.7. The molecule has 0 radical (unpaired) electrons. The van der Waals surface area contributed by atoms with E-state index in [9.17, 15) is 15.3 Å². The zero-order valence-electron chi connectivity index (χ0n) is 20.4. The summed E-state index contributed by atoms with van der Waals surface area (Å²) in [7, 11) is 0. The molecule has 0 bridgehead atoms. The van der Waals surface area contributed by atoms with E-state index in [1.807, 2.05) is 0 Å². The number of fused-ring (bicyclic) bond motifs is 7. The molecule has 0 amide bonds. The first-order chi connectivity index (χ1) is 15.1. The lowest BCUT2D eigenvalue weighted by atomic mass is 9.44. The molecule has 1 spiro atoms. The van der Waals surface area contributed by atoms with Gasteiger partial charge in [0.05, 0.1) is 24.9 Å². The van der Waals surface area contributed by atoms with Crippen molar-refractivity contribution in [3.63, 3.8) is 0 Å². The van der Waals surface area contributed by atoms with Crippen molar-refractivity contribution in [2.24, 2.45) is 52.3 Å². The Bertz CT molecular complexity index is 758. The third kappa shape index (κ3) is 2.75. The Balaban J connectivity index is 1.27. The average Bonchev–Trinajstić information content (AvgIpc) is 3.18.